The fourth-order valence-corrected chi connectivity index (χ4v) is 2.80. The maximum absolute atomic E-state index is 5.74. The Labute approximate surface area is 96.9 Å². The van der Waals surface area contributed by atoms with E-state index in [2.05, 4.69) is 37.1 Å². The van der Waals surface area contributed by atoms with Gasteiger partial charge in [-0.15, -0.1) is 11.6 Å². The molecular formula is C11H20ClNS. The Hall–Kier alpha value is 0.340. The van der Waals surface area contributed by atoms with E-state index < -0.39 is 0 Å². The van der Waals surface area contributed by atoms with Crippen LogP contribution >= 0.6 is 23.4 Å². The molecule has 0 aromatic rings. The molecular weight excluding hydrogens is 214 g/mol. The molecule has 0 radical (unpaired) electrons. The SMILES string of the molecule is C=C(CCl)CN1CCSC(C)(C)CC1. The summed E-state index contributed by atoms with van der Waals surface area (Å²) in [6.45, 7) is 11.9. The molecule has 0 saturated carbocycles. The van der Waals surface area contributed by atoms with Crippen molar-refractivity contribution in [3.05, 3.63) is 12.2 Å². The standard InChI is InChI=1S/C11H20ClNS/c1-10(8-12)9-13-5-4-11(2,3)14-7-6-13/h1,4-9H2,2-3H3. The van der Waals surface area contributed by atoms with Gasteiger partial charge in [0.05, 0.1) is 0 Å². The Morgan fingerprint density at radius 1 is 1.50 bits per heavy atom. The molecule has 82 valence electrons. The molecule has 0 aliphatic carbocycles. The smallest absolute Gasteiger partial charge is 0.0443 e. The molecule has 0 N–H and O–H groups in total. The Morgan fingerprint density at radius 3 is 2.86 bits per heavy atom. The van der Waals surface area contributed by atoms with Gasteiger partial charge in [0.15, 0.2) is 0 Å². The zero-order chi connectivity index (χ0) is 10.6. The fraction of sp³-hybridized carbons (Fsp3) is 0.818. The quantitative estimate of drug-likeness (QED) is 0.545. The average Bonchev–Trinajstić information content (AvgIpc) is 2.28. The first kappa shape index (κ1) is 12.4. The number of thioether (sulfide) groups is 1. The van der Waals surface area contributed by atoms with E-state index in [1.54, 1.807) is 0 Å². The zero-order valence-electron chi connectivity index (χ0n) is 9.18. The van der Waals surface area contributed by atoms with Crippen LogP contribution in [0.1, 0.15) is 20.3 Å². The predicted octanol–water partition coefficient (Wildman–Crippen LogP) is 3.00. The van der Waals surface area contributed by atoms with Crippen LogP contribution in [0.4, 0.5) is 0 Å². The first-order valence-corrected chi connectivity index (χ1v) is 6.64. The maximum Gasteiger partial charge on any atom is 0.0443 e. The molecule has 1 heterocycles. The van der Waals surface area contributed by atoms with Gasteiger partial charge in [0, 0.05) is 29.5 Å². The highest BCUT2D eigenvalue weighted by Gasteiger charge is 2.23. The molecule has 1 aliphatic heterocycles. The Balaban J connectivity index is 2.38. The topological polar surface area (TPSA) is 3.24 Å². The van der Waals surface area contributed by atoms with Crippen LogP contribution in [0.3, 0.4) is 0 Å². The second-order valence-corrected chi connectivity index (χ2v) is 6.59. The molecule has 0 amide bonds. The Kier molecular flexibility index (Phi) is 4.81. The van der Waals surface area contributed by atoms with Crippen LogP contribution in [0.25, 0.3) is 0 Å². The predicted molar refractivity (Wildman–Crippen MR) is 67.5 cm³/mol. The van der Waals surface area contributed by atoms with Crippen LogP contribution in [0.5, 0.6) is 0 Å². The molecule has 0 unspecified atom stereocenters. The number of hydrogen-bond donors (Lipinski definition) is 0. The first-order valence-electron chi connectivity index (χ1n) is 5.12. The lowest BCUT2D eigenvalue weighted by molar-refractivity contribution is 0.307. The second kappa shape index (κ2) is 5.43. The van der Waals surface area contributed by atoms with E-state index in [0.717, 1.165) is 12.1 Å². The Morgan fingerprint density at radius 2 is 2.21 bits per heavy atom. The molecule has 0 spiro atoms. The fourth-order valence-electron chi connectivity index (χ4n) is 1.58. The summed E-state index contributed by atoms with van der Waals surface area (Å²) in [5, 5.41) is 0. The van der Waals surface area contributed by atoms with Crippen molar-refractivity contribution in [2.75, 3.05) is 31.3 Å². The molecule has 14 heavy (non-hydrogen) atoms. The molecule has 1 nitrogen and oxygen atoms in total. The second-order valence-electron chi connectivity index (χ2n) is 4.52. The molecule has 3 heteroatoms. The minimum Gasteiger partial charge on any atom is -0.299 e. The highest BCUT2D eigenvalue weighted by molar-refractivity contribution is 8.00. The summed E-state index contributed by atoms with van der Waals surface area (Å²) in [5.74, 6) is 1.82. The van der Waals surface area contributed by atoms with E-state index in [-0.39, 0.29) is 0 Å². The minimum absolute atomic E-state index is 0.442. The van der Waals surface area contributed by atoms with Crippen LogP contribution in [-0.4, -0.2) is 40.9 Å². The van der Waals surface area contributed by atoms with E-state index in [1.165, 1.54) is 25.3 Å². The van der Waals surface area contributed by atoms with Crippen LogP contribution in [0.15, 0.2) is 12.2 Å². The number of nitrogens with zero attached hydrogens (tertiary/aromatic N) is 1. The van der Waals surface area contributed by atoms with Gasteiger partial charge < -0.3 is 0 Å². The lowest BCUT2D eigenvalue weighted by Crippen LogP contribution is -2.29. The van der Waals surface area contributed by atoms with Gasteiger partial charge in [0.2, 0.25) is 0 Å². The van der Waals surface area contributed by atoms with Crippen molar-refractivity contribution in [2.24, 2.45) is 0 Å². The largest absolute Gasteiger partial charge is 0.299 e. The molecule has 1 aliphatic rings. The summed E-state index contributed by atoms with van der Waals surface area (Å²) in [4.78, 5) is 2.46. The van der Waals surface area contributed by atoms with Crippen molar-refractivity contribution >= 4 is 23.4 Å². The van der Waals surface area contributed by atoms with Crippen LogP contribution in [0.2, 0.25) is 0 Å². The van der Waals surface area contributed by atoms with Gasteiger partial charge in [-0.1, -0.05) is 20.4 Å². The molecule has 0 aromatic heterocycles. The number of hydrogen-bond acceptors (Lipinski definition) is 2. The third kappa shape index (κ3) is 4.24. The summed E-state index contributed by atoms with van der Waals surface area (Å²) >= 11 is 7.81. The number of rotatable bonds is 3. The third-order valence-electron chi connectivity index (χ3n) is 2.57. The lowest BCUT2D eigenvalue weighted by atomic mass is 10.1. The minimum atomic E-state index is 0.442. The van der Waals surface area contributed by atoms with Gasteiger partial charge in [-0.05, 0) is 18.5 Å². The van der Waals surface area contributed by atoms with E-state index in [9.17, 15) is 0 Å². The molecule has 1 rings (SSSR count). The lowest BCUT2D eigenvalue weighted by Gasteiger charge is -2.22. The van der Waals surface area contributed by atoms with E-state index in [0.29, 0.717) is 10.6 Å². The van der Waals surface area contributed by atoms with Crippen LogP contribution in [0, 0.1) is 0 Å². The highest BCUT2D eigenvalue weighted by Crippen LogP contribution is 2.30. The van der Waals surface area contributed by atoms with Crippen molar-refractivity contribution in [3.8, 4) is 0 Å². The van der Waals surface area contributed by atoms with Crippen molar-refractivity contribution in [3.63, 3.8) is 0 Å². The van der Waals surface area contributed by atoms with E-state index in [1.807, 2.05) is 0 Å². The third-order valence-corrected chi connectivity index (χ3v) is 4.32. The summed E-state index contributed by atoms with van der Waals surface area (Å²) in [7, 11) is 0. The summed E-state index contributed by atoms with van der Waals surface area (Å²) in [6, 6.07) is 0. The molecule has 1 saturated heterocycles. The maximum atomic E-state index is 5.74. The normalized spacial score (nSPS) is 23.1. The molecule has 1 fully saturated rings. The van der Waals surface area contributed by atoms with Crippen LogP contribution < -0.4 is 0 Å². The number of alkyl halides is 1. The molecule has 0 bridgehead atoms. The van der Waals surface area contributed by atoms with Gasteiger partial charge in [-0.2, -0.15) is 11.8 Å². The van der Waals surface area contributed by atoms with Gasteiger partial charge >= 0.3 is 0 Å². The van der Waals surface area contributed by atoms with E-state index in [4.69, 9.17) is 11.6 Å². The van der Waals surface area contributed by atoms with Crippen molar-refractivity contribution in [2.45, 2.75) is 25.0 Å². The van der Waals surface area contributed by atoms with Crippen molar-refractivity contribution in [1.82, 2.24) is 4.90 Å². The van der Waals surface area contributed by atoms with Gasteiger partial charge in [-0.3, -0.25) is 4.90 Å². The zero-order valence-corrected chi connectivity index (χ0v) is 10.8. The van der Waals surface area contributed by atoms with Crippen LogP contribution in [-0.2, 0) is 0 Å². The van der Waals surface area contributed by atoms with Gasteiger partial charge in [-0.25, -0.2) is 0 Å². The van der Waals surface area contributed by atoms with Gasteiger partial charge in [0.25, 0.3) is 0 Å². The van der Waals surface area contributed by atoms with E-state index >= 15 is 0 Å². The summed E-state index contributed by atoms with van der Waals surface area (Å²) in [6.07, 6.45) is 1.26. The molecule has 0 atom stereocenters. The summed E-state index contributed by atoms with van der Waals surface area (Å²) in [5.41, 5.74) is 1.14. The molecule has 0 aromatic carbocycles. The average molecular weight is 234 g/mol. The van der Waals surface area contributed by atoms with Gasteiger partial charge in [0.1, 0.15) is 0 Å². The summed E-state index contributed by atoms with van der Waals surface area (Å²) < 4.78 is 0.442. The monoisotopic (exact) mass is 233 g/mol. The van der Waals surface area contributed by atoms with Crippen molar-refractivity contribution < 1.29 is 0 Å². The Bertz CT molecular complexity index is 203. The first-order chi connectivity index (χ1) is 6.53. The highest BCUT2D eigenvalue weighted by atomic mass is 35.5. The van der Waals surface area contributed by atoms with Crippen molar-refractivity contribution in [1.29, 1.82) is 0 Å². The number of halogens is 1.